The predicted octanol–water partition coefficient (Wildman–Crippen LogP) is 3.18. The SMILES string of the molecule is CSc1ncccc1C(=O)OCC(=O)NCCSc1ccc(C)cc1. The quantitative estimate of drug-likeness (QED) is 0.434. The summed E-state index contributed by atoms with van der Waals surface area (Å²) < 4.78 is 5.05. The number of carbonyl (C=O) groups is 2. The molecule has 7 heteroatoms. The number of carbonyl (C=O) groups excluding carboxylic acids is 2. The van der Waals surface area contributed by atoms with Gasteiger partial charge in [0.2, 0.25) is 0 Å². The van der Waals surface area contributed by atoms with Crippen LogP contribution < -0.4 is 5.32 Å². The number of rotatable bonds is 8. The van der Waals surface area contributed by atoms with Crippen LogP contribution in [0.5, 0.6) is 0 Å². The topological polar surface area (TPSA) is 68.3 Å². The molecule has 0 bridgehead atoms. The fraction of sp³-hybridized carbons (Fsp3) is 0.278. The highest BCUT2D eigenvalue weighted by Gasteiger charge is 2.14. The Morgan fingerprint density at radius 2 is 1.96 bits per heavy atom. The lowest BCUT2D eigenvalue weighted by molar-refractivity contribution is -0.124. The van der Waals surface area contributed by atoms with Gasteiger partial charge in [-0.15, -0.1) is 23.5 Å². The number of hydrogen-bond donors (Lipinski definition) is 1. The molecule has 0 saturated carbocycles. The first-order chi connectivity index (χ1) is 12.1. The highest BCUT2D eigenvalue weighted by Crippen LogP contribution is 2.18. The van der Waals surface area contributed by atoms with Crippen LogP contribution in [-0.4, -0.2) is 42.0 Å². The van der Waals surface area contributed by atoms with E-state index in [2.05, 4.69) is 34.6 Å². The molecule has 0 atom stereocenters. The molecule has 0 unspecified atom stereocenters. The third-order valence-corrected chi connectivity index (χ3v) is 4.96. The van der Waals surface area contributed by atoms with Crippen molar-refractivity contribution in [2.75, 3.05) is 25.2 Å². The summed E-state index contributed by atoms with van der Waals surface area (Å²) >= 11 is 3.02. The van der Waals surface area contributed by atoms with Crippen LogP contribution in [0.15, 0.2) is 52.5 Å². The molecule has 25 heavy (non-hydrogen) atoms. The van der Waals surface area contributed by atoms with Gasteiger partial charge in [-0.25, -0.2) is 9.78 Å². The van der Waals surface area contributed by atoms with Crippen LogP contribution in [0.1, 0.15) is 15.9 Å². The Balaban J connectivity index is 1.68. The number of thioether (sulfide) groups is 2. The second-order valence-electron chi connectivity index (χ2n) is 5.15. The average Bonchev–Trinajstić information content (AvgIpc) is 2.64. The monoisotopic (exact) mass is 376 g/mol. The van der Waals surface area contributed by atoms with Crippen LogP contribution in [-0.2, 0) is 9.53 Å². The molecule has 0 spiro atoms. The summed E-state index contributed by atoms with van der Waals surface area (Å²) in [5.74, 6) is -0.101. The first-order valence-electron chi connectivity index (χ1n) is 7.72. The zero-order chi connectivity index (χ0) is 18.1. The Morgan fingerprint density at radius 1 is 1.20 bits per heavy atom. The number of ether oxygens (including phenoxy) is 1. The van der Waals surface area contributed by atoms with Crippen molar-refractivity contribution >= 4 is 35.4 Å². The normalized spacial score (nSPS) is 10.3. The van der Waals surface area contributed by atoms with Gasteiger partial charge in [-0.2, -0.15) is 0 Å². The Bertz CT molecular complexity index is 721. The van der Waals surface area contributed by atoms with Gasteiger partial charge in [0.05, 0.1) is 5.56 Å². The van der Waals surface area contributed by atoms with Crippen LogP contribution in [0.3, 0.4) is 0 Å². The van der Waals surface area contributed by atoms with E-state index < -0.39 is 5.97 Å². The number of aromatic nitrogens is 1. The largest absolute Gasteiger partial charge is 0.452 e. The molecule has 1 aromatic carbocycles. The van der Waals surface area contributed by atoms with E-state index in [0.29, 0.717) is 17.1 Å². The van der Waals surface area contributed by atoms with Gasteiger partial charge in [-0.3, -0.25) is 4.79 Å². The lowest BCUT2D eigenvalue weighted by atomic mass is 10.2. The van der Waals surface area contributed by atoms with Gasteiger partial charge in [-0.1, -0.05) is 17.7 Å². The lowest BCUT2D eigenvalue weighted by Gasteiger charge is -2.08. The molecule has 0 radical (unpaired) electrons. The molecule has 2 aromatic rings. The summed E-state index contributed by atoms with van der Waals surface area (Å²) in [4.78, 5) is 29.0. The summed E-state index contributed by atoms with van der Waals surface area (Å²) in [7, 11) is 0. The van der Waals surface area contributed by atoms with Gasteiger partial charge in [0.1, 0.15) is 5.03 Å². The maximum Gasteiger partial charge on any atom is 0.341 e. The number of benzene rings is 1. The number of amides is 1. The molecule has 0 saturated heterocycles. The molecule has 0 aliphatic rings. The maximum atomic E-state index is 12.0. The van der Waals surface area contributed by atoms with Crippen molar-refractivity contribution in [2.45, 2.75) is 16.8 Å². The van der Waals surface area contributed by atoms with Gasteiger partial charge in [0.15, 0.2) is 6.61 Å². The standard InChI is InChI=1S/C18H20N2O3S2/c1-13-5-7-14(8-6-13)25-11-10-19-16(21)12-23-18(22)15-4-3-9-20-17(15)24-2/h3-9H,10-12H2,1-2H3,(H,19,21). The number of nitrogens with zero attached hydrogens (tertiary/aromatic N) is 1. The molecule has 0 fully saturated rings. The number of pyridine rings is 1. The smallest absolute Gasteiger partial charge is 0.341 e. The first kappa shape index (κ1) is 19.3. The van der Waals surface area contributed by atoms with Crippen LogP contribution in [0.25, 0.3) is 0 Å². The average molecular weight is 377 g/mol. The number of nitrogens with one attached hydrogen (secondary N) is 1. The fourth-order valence-corrected chi connectivity index (χ4v) is 3.27. The minimum atomic E-state index is -0.540. The van der Waals surface area contributed by atoms with Crippen LogP contribution in [0.4, 0.5) is 0 Å². The maximum absolute atomic E-state index is 12.0. The molecule has 2 rings (SSSR count). The van der Waals surface area contributed by atoms with Gasteiger partial charge in [0, 0.05) is 23.4 Å². The van der Waals surface area contributed by atoms with Crippen LogP contribution >= 0.6 is 23.5 Å². The van der Waals surface area contributed by atoms with Crippen molar-refractivity contribution in [3.05, 3.63) is 53.7 Å². The molecule has 5 nitrogen and oxygen atoms in total. The number of aryl methyl sites for hydroxylation is 1. The van der Waals surface area contributed by atoms with E-state index in [0.717, 1.165) is 10.6 Å². The van der Waals surface area contributed by atoms with E-state index in [9.17, 15) is 9.59 Å². The molecule has 1 aromatic heterocycles. The Hall–Kier alpha value is -1.99. The van der Waals surface area contributed by atoms with E-state index in [1.807, 2.05) is 13.2 Å². The van der Waals surface area contributed by atoms with E-state index in [1.54, 1.807) is 30.1 Å². The van der Waals surface area contributed by atoms with Gasteiger partial charge >= 0.3 is 5.97 Å². The van der Waals surface area contributed by atoms with Crippen molar-refractivity contribution < 1.29 is 14.3 Å². The summed E-state index contributed by atoms with van der Waals surface area (Å²) in [6.45, 7) is 2.26. The van der Waals surface area contributed by atoms with Crippen molar-refractivity contribution in [3.8, 4) is 0 Å². The van der Waals surface area contributed by atoms with Crippen molar-refractivity contribution in [3.63, 3.8) is 0 Å². The van der Waals surface area contributed by atoms with Crippen molar-refractivity contribution in [2.24, 2.45) is 0 Å². The molecule has 0 aliphatic carbocycles. The zero-order valence-corrected chi connectivity index (χ0v) is 15.8. The Morgan fingerprint density at radius 3 is 2.68 bits per heavy atom. The molecular formula is C18H20N2O3S2. The van der Waals surface area contributed by atoms with E-state index in [1.165, 1.54) is 17.3 Å². The minimum Gasteiger partial charge on any atom is -0.452 e. The van der Waals surface area contributed by atoms with Gasteiger partial charge in [0.25, 0.3) is 5.91 Å². The lowest BCUT2D eigenvalue weighted by Crippen LogP contribution is -2.30. The second kappa shape index (κ2) is 10.1. The van der Waals surface area contributed by atoms with E-state index in [-0.39, 0.29) is 12.5 Å². The summed E-state index contributed by atoms with van der Waals surface area (Å²) in [6.07, 6.45) is 3.44. The third-order valence-electron chi connectivity index (χ3n) is 3.23. The summed E-state index contributed by atoms with van der Waals surface area (Å²) in [5.41, 5.74) is 1.59. The molecule has 1 heterocycles. The molecule has 0 aliphatic heterocycles. The molecular weight excluding hydrogens is 356 g/mol. The predicted molar refractivity (Wildman–Crippen MR) is 101 cm³/mol. The van der Waals surface area contributed by atoms with Crippen LogP contribution in [0.2, 0.25) is 0 Å². The number of hydrogen-bond acceptors (Lipinski definition) is 6. The summed E-state index contributed by atoms with van der Waals surface area (Å²) in [6, 6.07) is 11.5. The van der Waals surface area contributed by atoms with Crippen LogP contribution in [0, 0.1) is 6.92 Å². The highest BCUT2D eigenvalue weighted by atomic mass is 32.2. The third kappa shape index (κ3) is 6.43. The Kier molecular flexibility index (Phi) is 7.81. The summed E-state index contributed by atoms with van der Waals surface area (Å²) in [5, 5.41) is 3.33. The fourth-order valence-electron chi connectivity index (χ4n) is 1.96. The molecule has 1 amide bonds. The Labute approximate surface area is 155 Å². The van der Waals surface area contributed by atoms with Gasteiger partial charge < -0.3 is 10.1 Å². The van der Waals surface area contributed by atoms with Crippen molar-refractivity contribution in [1.82, 2.24) is 10.3 Å². The number of esters is 1. The minimum absolute atomic E-state index is 0.295. The second-order valence-corrected chi connectivity index (χ2v) is 7.11. The first-order valence-corrected chi connectivity index (χ1v) is 9.93. The van der Waals surface area contributed by atoms with Crippen molar-refractivity contribution in [1.29, 1.82) is 0 Å². The van der Waals surface area contributed by atoms with E-state index >= 15 is 0 Å². The molecule has 1 N–H and O–H groups in total. The van der Waals surface area contributed by atoms with Gasteiger partial charge in [-0.05, 0) is 37.4 Å². The highest BCUT2D eigenvalue weighted by molar-refractivity contribution is 7.99. The molecule has 132 valence electrons. The zero-order valence-electron chi connectivity index (χ0n) is 14.2. The van der Waals surface area contributed by atoms with E-state index in [4.69, 9.17) is 4.74 Å².